The Hall–Kier alpha value is -3.48. The molecule has 5 nitrogen and oxygen atoms in total. The van der Waals surface area contributed by atoms with Crippen LogP contribution in [0.25, 0.3) is 17.3 Å². The van der Waals surface area contributed by atoms with Crippen molar-refractivity contribution in [3.8, 4) is 22.8 Å². The number of hydrogen-bond donors (Lipinski definition) is 1. The smallest absolute Gasteiger partial charge is 0.186 e. The predicted octanol–water partition coefficient (Wildman–Crippen LogP) is 4.27. The number of aromatic amines is 1. The molecule has 1 N–H and O–H groups in total. The summed E-state index contributed by atoms with van der Waals surface area (Å²) in [4.78, 5) is 12.1. The third-order valence-electron chi connectivity index (χ3n) is 3.90. The van der Waals surface area contributed by atoms with E-state index in [1.54, 1.807) is 32.4 Å². The SMILES string of the molecule is COc1ccc(-c2cc(/C=C/C(=O)c3ccc(F)c(F)c3)[nH]n2)cc1OC. The fourth-order valence-electron chi connectivity index (χ4n) is 2.48. The molecule has 0 saturated carbocycles. The standard InChI is InChI=1S/C20H16F2N2O3/c1-26-19-8-4-12(10-20(19)27-2)17-11-14(23-24-17)5-7-18(25)13-3-6-15(21)16(22)9-13/h3-11H,1-2H3,(H,23,24)/b7-5+. The summed E-state index contributed by atoms with van der Waals surface area (Å²) >= 11 is 0. The number of allylic oxidation sites excluding steroid dienone is 1. The first kappa shape index (κ1) is 18.3. The van der Waals surface area contributed by atoms with E-state index >= 15 is 0 Å². The van der Waals surface area contributed by atoms with Gasteiger partial charge >= 0.3 is 0 Å². The Balaban J connectivity index is 1.78. The maximum atomic E-state index is 13.2. The van der Waals surface area contributed by atoms with Gasteiger partial charge in [-0.2, -0.15) is 5.10 Å². The minimum Gasteiger partial charge on any atom is -0.493 e. The highest BCUT2D eigenvalue weighted by atomic mass is 19.2. The van der Waals surface area contributed by atoms with Gasteiger partial charge in [0.2, 0.25) is 0 Å². The van der Waals surface area contributed by atoms with Gasteiger partial charge in [-0.1, -0.05) is 0 Å². The Morgan fingerprint density at radius 3 is 2.48 bits per heavy atom. The van der Waals surface area contributed by atoms with Gasteiger partial charge < -0.3 is 9.47 Å². The molecule has 1 heterocycles. The van der Waals surface area contributed by atoms with Crippen molar-refractivity contribution in [2.45, 2.75) is 0 Å². The first-order valence-corrected chi connectivity index (χ1v) is 7.97. The Kier molecular flexibility index (Phi) is 5.30. The molecule has 0 aliphatic rings. The number of hydrogen-bond acceptors (Lipinski definition) is 4. The second-order valence-corrected chi connectivity index (χ2v) is 5.60. The van der Waals surface area contributed by atoms with Gasteiger partial charge in [-0.25, -0.2) is 8.78 Å². The van der Waals surface area contributed by atoms with Crippen LogP contribution >= 0.6 is 0 Å². The van der Waals surface area contributed by atoms with E-state index in [-0.39, 0.29) is 5.56 Å². The molecule has 2 aromatic carbocycles. The molecule has 3 aromatic rings. The van der Waals surface area contributed by atoms with Crippen LogP contribution in [0.4, 0.5) is 8.78 Å². The summed E-state index contributed by atoms with van der Waals surface area (Å²) in [5.74, 6) is -1.33. The highest BCUT2D eigenvalue weighted by Crippen LogP contribution is 2.31. The van der Waals surface area contributed by atoms with E-state index in [1.807, 2.05) is 6.07 Å². The van der Waals surface area contributed by atoms with E-state index in [1.165, 1.54) is 18.2 Å². The molecule has 0 atom stereocenters. The minimum atomic E-state index is -1.06. The molecule has 3 rings (SSSR count). The molecule has 0 unspecified atom stereocenters. The number of nitrogens with one attached hydrogen (secondary N) is 1. The zero-order valence-electron chi connectivity index (χ0n) is 14.6. The van der Waals surface area contributed by atoms with Gasteiger partial charge in [0.25, 0.3) is 0 Å². The molecule has 0 amide bonds. The van der Waals surface area contributed by atoms with Gasteiger partial charge in [0, 0.05) is 11.1 Å². The van der Waals surface area contributed by atoms with Crippen molar-refractivity contribution in [1.82, 2.24) is 10.2 Å². The Bertz CT molecular complexity index is 1010. The summed E-state index contributed by atoms with van der Waals surface area (Å²) in [6.07, 6.45) is 2.78. The second-order valence-electron chi connectivity index (χ2n) is 5.60. The topological polar surface area (TPSA) is 64.2 Å². The minimum absolute atomic E-state index is 0.0600. The van der Waals surface area contributed by atoms with Crippen molar-refractivity contribution in [1.29, 1.82) is 0 Å². The van der Waals surface area contributed by atoms with Crippen molar-refractivity contribution in [2.75, 3.05) is 14.2 Å². The largest absolute Gasteiger partial charge is 0.493 e. The number of rotatable bonds is 6. The number of benzene rings is 2. The van der Waals surface area contributed by atoms with Crippen LogP contribution in [0.15, 0.2) is 48.5 Å². The number of ketones is 1. The van der Waals surface area contributed by atoms with Gasteiger partial charge in [0.15, 0.2) is 28.9 Å². The van der Waals surface area contributed by atoms with E-state index in [0.717, 1.165) is 17.7 Å². The van der Waals surface area contributed by atoms with Crippen LogP contribution < -0.4 is 9.47 Å². The Labute approximate surface area is 154 Å². The zero-order valence-corrected chi connectivity index (χ0v) is 14.6. The first-order chi connectivity index (χ1) is 13.0. The molecule has 27 heavy (non-hydrogen) atoms. The van der Waals surface area contributed by atoms with Crippen LogP contribution in [0.5, 0.6) is 11.5 Å². The van der Waals surface area contributed by atoms with Gasteiger partial charge in [-0.15, -0.1) is 0 Å². The number of aromatic nitrogens is 2. The van der Waals surface area contributed by atoms with E-state index in [4.69, 9.17) is 9.47 Å². The quantitative estimate of drug-likeness (QED) is 0.520. The van der Waals surface area contributed by atoms with Crippen LogP contribution in [-0.4, -0.2) is 30.2 Å². The fourth-order valence-corrected chi connectivity index (χ4v) is 2.48. The number of carbonyl (C=O) groups excluding carboxylic acids is 1. The summed E-state index contributed by atoms with van der Waals surface area (Å²) in [7, 11) is 3.10. The van der Waals surface area contributed by atoms with Gasteiger partial charge in [-0.3, -0.25) is 9.89 Å². The summed E-state index contributed by atoms with van der Waals surface area (Å²) in [5, 5.41) is 7.00. The normalized spacial score (nSPS) is 11.0. The average Bonchev–Trinajstić information content (AvgIpc) is 3.16. The maximum absolute atomic E-state index is 13.2. The number of H-pyrrole nitrogens is 1. The van der Waals surface area contributed by atoms with Gasteiger partial charge in [-0.05, 0) is 54.6 Å². The van der Waals surface area contributed by atoms with Crippen LogP contribution in [0.2, 0.25) is 0 Å². The molecule has 0 saturated heterocycles. The van der Waals surface area contributed by atoms with Crippen LogP contribution in [0, 0.1) is 11.6 Å². The highest BCUT2D eigenvalue weighted by Gasteiger charge is 2.10. The number of methoxy groups -OCH3 is 2. The van der Waals surface area contributed by atoms with Gasteiger partial charge in [0.05, 0.1) is 25.6 Å². The lowest BCUT2D eigenvalue weighted by Gasteiger charge is -2.08. The summed E-state index contributed by atoms with van der Waals surface area (Å²) in [5.41, 5.74) is 2.09. The van der Waals surface area contributed by atoms with Crippen molar-refractivity contribution in [3.63, 3.8) is 0 Å². The van der Waals surface area contributed by atoms with Crippen molar-refractivity contribution >= 4 is 11.9 Å². The van der Waals surface area contributed by atoms with E-state index in [2.05, 4.69) is 10.2 Å². The van der Waals surface area contributed by atoms with E-state index in [9.17, 15) is 13.6 Å². The van der Waals surface area contributed by atoms with Gasteiger partial charge in [0.1, 0.15) is 0 Å². The lowest BCUT2D eigenvalue weighted by atomic mass is 10.1. The van der Waals surface area contributed by atoms with E-state index < -0.39 is 17.4 Å². The third-order valence-corrected chi connectivity index (χ3v) is 3.90. The molecule has 0 fully saturated rings. The zero-order chi connectivity index (χ0) is 19.4. The lowest BCUT2D eigenvalue weighted by Crippen LogP contribution is -1.96. The summed E-state index contributed by atoms with van der Waals surface area (Å²) in [6, 6.07) is 10.1. The van der Waals surface area contributed by atoms with Crippen LogP contribution in [0.3, 0.4) is 0 Å². The predicted molar refractivity (Wildman–Crippen MR) is 96.9 cm³/mol. The lowest BCUT2D eigenvalue weighted by molar-refractivity contribution is 0.104. The molecule has 0 bridgehead atoms. The Morgan fingerprint density at radius 2 is 1.78 bits per heavy atom. The number of nitrogens with zero attached hydrogens (tertiary/aromatic N) is 1. The Morgan fingerprint density at radius 1 is 1.00 bits per heavy atom. The molecule has 0 aliphatic carbocycles. The molecular weight excluding hydrogens is 354 g/mol. The monoisotopic (exact) mass is 370 g/mol. The van der Waals surface area contributed by atoms with Crippen molar-refractivity contribution in [3.05, 3.63) is 71.4 Å². The van der Waals surface area contributed by atoms with Crippen LogP contribution in [-0.2, 0) is 0 Å². The average molecular weight is 370 g/mol. The fraction of sp³-hybridized carbons (Fsp3) is 0.100. The van der Waals surface area contributed by atoms with Crippen molar-refractivity contribution < 1.29 is 23.0 Å². The van der Waals surface area contributed by atoms with E-state index in [0.29, 0.717) is 22.9 Å². The number of carbonyl (C=O) groups is 1. The molecule has 0 radical (unpaired) electrons. The molecule has 0 aliphatic heterocycles. The molecule has 138 valence electrons. The maximum Gasteiger partial charge on any atom is 0.186 e. The third kappa shape index (κ3) is 4.03. The van der Waals surface area contributed by atoms with Crippen molar-refractivity contribution in [2.24, 2.45) is 0 Å². The highest BCUT2D eigenvalue weighted by molar-refractivity contribution is 6.06. The molecular formula is C20H16F2N2O3. The number of halogens is 2. The number of ether oxygens (including phenoxy) is 2. The summed E-state index contributed by atoms with van der Waals surface area (Å²) in [6.45, 7) is 0. The molecule has 0 spiro atoms. The second kappa shape index (κ2) is 7.82. The first-order valence-electron chi connectivity index (χ1n) is 7.97. The molecule has 7 heteroatoms. The molecule has 1 aromatic heterocycles. The van der Waals surface area contributed by atoms with Crippen LogP contribution in [0.1, 0.15) is 16.1 Å². The summed E-state index contributed by atoms with van der Waals surface area (Å²) < 4.78 is 36.6.